The Hall–Kier alpha value is -1.66. The van der Waals surface area contributed by atoms with Crippen LogP contribution in [0.25, 0.3) is 0 Å². The molecule has 0 fully saturated rings. The van der Waals surface area contributed by atoms with E-state index < -0.39 is 10.0 Å². The molecule has 106 valence electrons. The van der Waals surface area contributed by atoms with Crippen LogP contribution in [0.5, 0.6) is 0 Å². The molecule has 4 nitrogen and oxygen atoms in total. The van der Waals surface area contributed by atoms with Crippen molar-refractivity contribution in [3.8, 4) is 0 Å². The Morgan fingerprint density at radius 2 is 1.80 bits per heavy atom. The topological polar surface area (TPSA) is 49.7 Å². The number of hydrazone groups is 1. The number of hydrogen-bond acceptors (Lipinski definition) is 4. The average Bonchev–Trinajstić information content (AvgIpc) is 2.82. The van der Waals surface area contributed by atoms with Crippen molar-refractivity contribution < 1.29 is 8.42 Å². The summed E-state index contributed by atoms with van der Waals surface area (Å²) in [5, 5.41) is 5.97. The largest absolute Gasteiger partial charge is 0.278 e. The Kier molecular flexibility index (Phi) is 4.25. The van der Waals surface area contributed by atoms with Crippen LogP contribution < -0.4 is 0 Å². The van der Waals surface area contributed by atoms with Crippen molar-refractivity contribution >= 4 is 27.6 Å². The van der Waals surface area contributed by atoms with Crippen molar-refractivity contribution in [2.24, 2.45) is 5.10 Å². The zero-order chi connectivity index (χ0) is 14.8. The zero-order valence-corrected chi connectivity index (χ0v) is 13.2. The summed E-state index contributed by atoms with van der Waals surface area (Å²) in [5.74, 6) is 0. The van der Waals surface area contributed by atoms with Gasteiger partial charge in [0, 0.05) is 17.5 Å². The van der Waals surface area contributed by atoms with Crippen molar-refractivity contribution in [1.82, 2.24) is 4.41 Å². The van der Waals surface area contributed by atoms with Gasteiger partial charge in [-0.25, -0.2) is 0 Å². The van der Waals surface area contributed by atoms with Crippen molar-refractivity contribution in [1.29, 1.82) is 0 Å². The lowest BCUT2D eigenvalue weighted by Gasteiger charge is -2.13. The lowest BCUT2D eigenvalue weighted by atomic mass is 10.2. The molecule has 1 aromatic carbocycles. The molecule has 0 aliphatic heterocycles. The van der Waals surface area contributed by atoms with E-state index in [0.29, 0.717) is 0 Å². The van der Waals surface area contributed by atoms with Gasteiger partial charge in [0.05, 0.1) is 11.1 Å². The van der Waals surface area contributed by atoms with E-state index in [1.807, 2.05) is 25.3 Å². The standard InChI is InChI=1S/C14H16N2O2S2/c1-11-4-6-14(7-5-11)20(17,18)16(3)15-10-13-8-9-19-12(13)2/h4-10H,1-3H3. The first-order valence-electron chi connectivity index (χ1n) is 6.05. The third kappa shape index (κ3) is 3.08. The quantitative estimate of drug-likeness (QED) is 0.644. The lowest BCUT2D eigenvalue weighted by Crippen LogP contribution is -2.21. The van der Waals surface area contributed by atoms with Crippen molar-refractivity contribution in [2.45, 2.75) is 18.7 Å². The normalized spacial score (nSPS) is 11.9. The smallest absolute Gasteiger partial charge is 0.200 e. The molecular weight excluding hydrogens is 292 g/mol. The van der Waals surface area contributed by atoms with E-state index in [4.69, 9.17) is 0 Å². The molecule has 0 aliphatic carbocycles. The van der Waals surface area contributed by atoms with Gasteiger partial charge in [-0.2, -0.15) is 17.9 Å². The zero-order valence-electron chi connectivity index (χ0n) is 11.6. The third-order valence-corrected chi connectivity index (χ3v) is 5.44. The molecule has 1 heterocycles. The van der Waals surface area contributed by atoms with E-state index in [9.17, 15) is 8.42 Å². The van der Waals surface area contributed by atoms with Crippen LogP contribution in [0, 0.1) is 13.8 Å². The maximum absolute atomic E-state index is 12.3. The molecule has 6 heteroatoms. The van der Waals surface area contributed by atoms with Gasteiger partial charge in [-0.05, 0) is 37.4 Å². The minimum absolute atomic E-state index is 0.241. The monoisotopic (exact) mass is 308 g/mol. The van der Waals surface area contributed by atoms with Gasteiger partial charge in [0.1, 0.15) is 0 Å². The van der Waals surface area contributed by atoms with Gasteiger partial charge >= 0.3 is 0 Å². The fourth-order valence-corrected chi connectivity index (χ4v) is 3.23. The predicted octanol–water partition coefficient (Wildman–Crippen LogP) is 3.02. The van der Waals surface area contributed by atoms with Crippen molar-refractivity contribution in [2.75, 3.05) is 7.05 Å². The van der Waals surface area contributed by atoms with E-state index in [1.54, 1.807) is 41.8 Å². The molecule has 0 aliphatic rings. The fourth-order valence-electron chi connectivity index (χ4n) is 1.60. The summed E-state index contributed by atoms with van der Waals surface area (Å²) in [6, 6.07) is 8.63. The number of hydrogen-bond donors (Lipinski definition) is 0. The SMILES string of the molecule is Cc1ccc(S(=O)(=O)N(C)N=Cc2ccsc2C)cc1. The summed E-state index contributed by atoms with van der Waals surface area (Å²) < 4.78 is 25.6. The second kappa shape index (κ2) is 5.76. The van der Waals surface area contributed by atoms with Crippen molar-refractivity contribution in [3.63, 3.8) is 0 Å². The van der Waals surface area contributed by atoms with Crippen LogP contribution in [0.1, 0.15) is 16.0 Å². The molecule has 1 aromatic heterocycles. The van der Waals surface area contributed by atoms with Crippen LogP contribution in [0.3, 0.4) is 0 Å². The van der Waals surface area contributed by atoms with Crippen LogP contribution in [0.15, 0.2) is 45.7 Å². The average molecular weight is 308 g/mol. The summed E-state index contributed by atoms with van der Waals surface area (Å²) in [6.07, 6.45) is 1.57. The van der Waals surface area contributed by atoms with Crippen LogP contribution >= 0.6 is 11.3 Å². The summed E-state index contributed by atoms with van der Waals surface area (Å²) in [5.41, 5.74) is 1.95. The second-order valence-corrected chi connectivity index (χ2v) is 7.50. The molecule has 0 saturated heterocycles. The van der Waals surface area contributed by atoms with Crippen LogP contribution in [0.2, 0.25) is 0 Å². The van der Waals surface area contributed by atoms with E-state index in [1.165, 1.54) is 7.05 Å². The maximum Gasteiger partial charge on any atom is 0.278 e. The van der Waals surface area contributed by atoms with Gasteiger partial charge in [0.25, 0.3) is 10.0 Å². The summed E-state index contributed by atoms with van der Waals surface area (Å²) >= 11 is 1.60. The van der Waals surface area contributed by atoms with Gasteiger partial charge in [-0.15, -0.1) is 11.3 Å². The van der Waals surface area contributed by atoms with Gasteiger partial charge in [-0.3, -0.25) is 0 Å². The molecule has 0 bridgehead atoms. The predicted molar refractivity (Wildman–Crippen MR) is 82.8 cm³/mol. The van der Waals surface area contributed by atoms with E-state index in [2.05, 4.69) is 5.10 Å². The molecule has 0 amide bonds. The Labute approximate surface area is 123 Å². The summed E-state index contributed by atoms with van der Waals surface area (Å²) in [4.78, 5) is 1.35. The molecule has 0 N–H and O–H groups in total. The molecule has 0 spiro atoms. The maximum atomic E-state index is 12.3. The van der Waals surface area contributed by atoms with E-state index >= 15 is 0 Å². The third-order valence-electron chi connectivity index (χ3n) is 2.93. The first-order chi connectivity index (χ1) is 9.41. The molecule has 0 saturated carbocycles. The number of aryl methyl sites for hydroxylation is 2. The highest BCUT2D eigenvalue weighted by Gasteiger charge is 2.18. The molecular formula is C14H16N2O2S2. The highest BCUT2D eigenvalue weighted by Crippen LogP contribution is 2.16. The van der Waals surface area contributed by atoms with Crippen molar-refractivity contribution in [3.05, 3.63) is 51.7 Å². The molecule has 20 heavy (non-hydrogen) atoms. The minimum Gasteiger partial charge on any atom is -0.200 e. The lowest BCUT2D eigenvalue weighted by molar-refractivity contribution is 0.491. The summed E-state index contributed by atoms with van der Waals surface area (Å²) in [7, 11) is -2.15. The van der Waals surface area contributed by atoms with Gasteiger partial charge in [-0.1, -0.05) is 17.7 Å². The van der Waals surface area contributed by atoms with Gasteiger partial charge in [0.15, 0.2) is 0 Å². The highest BCUT2D eigenvalue weighted by molar-refractivity contribution is 7.89. The minimum atomic E-state index is -3.58. The number of thiophene rings is 1. The molecule has 0 atom stereocenters. The van der Waals surface area contributed by atoms with E-state index in [0.717, 1.165) is 20.4 Å². The highest BCUT2D eigenvalue weighted by atomic mass is 32.2. The van der Waals surface area contributed by atoms with Crippen LogP contribution in [0.4, 0.5) is 0 Å². The summed E-state index contributed by atoms with van der Waals surface area (Å²) in [6.45, 7) is 3.89. The first-order valence-corrected chi connectivity index (χ1v) is 8.37. The Morgan fingerprint density at radius 1 is 1.15 bits per heavy atom. The second-order valence-electron chi connectivity index (χ2n) is 4.43. The molecule has 0 unspecified atom stereocenters. The Bertz CT molecular complexity index is 716. The fraction of sp³-hybridized carbons (Fsp3) is 0.214. The first kappa shape index (κ1) is 14.7. The van der Waals surface area contributed by atoms with Crippen LogP contribution in [-0.4, -0.2) is 26.1 Å². The van der Waals surface area contributed by atoms with E-state index in [-0.39, 0.29) is 4.90 Å². The molecule has 0 radical (unpaired) electrons. The Balaban J connectivity index is 2.24. The molecule has 2 aromatic rings. The van der Waals surface area contributed by atoms with Crippen LogP contribution in [-0.2, 0) is 10.0 Å². The molecule has 2 rings (SSSR count). The Morgan fingerprint density at radius 3 is 2.35 bits per heavy atom. The van der Waals surface area contributed by atoms with Gasteiger partial charge < -0.3 is 0 Å². The number of sulfonamides is 1. The number of benzene rings is 1. The number of rotatable bonds is 4. The number of nitrogens with zero attached hydrogens (tertiary/aromatic N) is 2. The van der Waals surface area contributed by atoms with Gasteiger partial charge in [0.2, 0.25) is 0 Å².